The first-order valence-corrected chi connectivity index (χ1v) is 5.84. The van der Waals surface area contributed by atoms with Crippen molar-refractivity contribution < 1.29 is 12.8 Å². The monoisotopic (exact) mass is 241 g/mol. The van der Waals surface area contributed by atoms with Crippen LogP contribution in [0.15, 0.2) is 41.6 Å². The maximum Gasteiger partial charge on any atom is 0.278 e. The zero-order valence-electron chi connectivity index (χ0n) is 8.01. The molecule has 7 heteroatoms. The normalized spacial score (nSPS) is 11.3. The molecule has 0 radical (unpaired) electrons. The second-order valence-electron chi connectivity index (χ2n) is 3.04. The third-order valence-corrected chi connectivity index (χ3v) is 3.15. The summed E-state index contributed by atoms with van der Waals surface area (Å²) in [6.45, 7) is 0. The molecule has 84 valence electrons. The van der Waals surface area contributed by atoms with Crippen LogP contribution in [0.5, 0.6) is 0 Å². The highest BCUT2D eigenvalue weighted by Crippen LogP contribution is 2.14. The van der Waals surface area contributed by atoms with E-state index in [1.807, 2.05) is 0 Å². The maximum absolute atomic E-state index is 12.8. The smallest absolute Gasteiger partial charge is 0.278 e. The first kappa shape index (κ1) is 10.6. The molecule has 16 heavy (non-hydrogen) atoms. The average Bonchev–Trinajstić information content (AvgIpc) is 2.69. The Hall–Kier alpha value is -1.89. The van der Waals surface area contributed by atoms with E-state index in [2.05, 4.69) is 14.9 Å². The van der Waals surface area contributed by atoms with E-state index in [9.17, 15) is 12.8 Å². The molecule has 0 fully saturated rings. The minimum atomic E-state index is -3.72. The first-order chi connectivity index (χ1) is 7.58. The molecule has 0 aliphatic carbocycles. The number of nitrogens with one attached hydrogen (secondary N) is 2. The number of aromatic nitrogens is 2. The van der Waals surface area contributed by atoms with Crippen LogP contribution in [0.2, 0.25) is 0 Å². The molecule has 0 saturated heterocycles. The molecule has 2 aromatic rings. The minimum Gasteiger partial charge on any atom is -0.278 e. The Morgan fingerprint density at radius 1 is 1.31 bits per heavy atom. The standard InChI is InChI=1S/C9H8FN3O2S/c10-7-2-1-3-8(6-7)13-16(14,15)9-4-5-11-12-9/h1-6,13H,(H,11,12). The van der Waals surface area contributed by atoms with Gasteiger partial charge in [-0.05, 0) is 24.3 Å². The van der Waals surface area contributed by atoms with Crippen molar-refractivity contribution in [3.8, 4) is 0 Å². The highest BCUT2D eigenvalue weighted by atomic mass is 32.2. The lowest BCUT2D eigenvalue weighted by atomic mass is 10.3. The van der Waals surface area contributed by atoms with E-state index < -0.39 is 15.8 Å². The van der Waals surface area contributed by atoms with Crippen molar-refractivity contribution in [3.05, 3.63) is 42.3 Å². The molecule has 0 atom stereocenters. The van der Waals surface area contributed by atoms with Gasteiger partial charge in [-0.3, -0.25) is 9.82 Å². The quantitative estimate of drug-likeness (QED) is 0.851. The fourth-order valence-electron chi connectivity index (χ4n) is 1.15. The van der Waals surface area contributed by atoms with Gasteiger partial charge in [0.05, 0.1) is 11.9 Å². The summed E-state index contributed by atoms with van der Waals surface area (Å²) in [5.41, 5.74) is 0.162. The molecule has 0 unspecified atom stereocenters. The summed E-state index contributed by atoms with van der Waals surface area (Å²) in [5.74, 6) is -0.509. The summed E-state index contributed by atoms with van der Waals surface area (Å²) < 4.78 is 38.4. The van der Waals surface area contributed by atoms with Crippen LogP contribution in [-0.2, 0) is 10.0 Å². The number of sulfonamides is 1. The van der Waals surface area contributed by atoms with Crippen LogP contribution in [0.25, 0.3) is 0 Å². The number of H-pyrrole nitrogens is 1. The summed E-state index contributed by atoms with van der Waals surface area (Å²) >= 11 is 0. The molecular weight excluding hydrogens is 233 g/mol. The van der Waals surface area contributed by atoms with Crippen molar-refractivity contribution in [2.75, 3.05) is 4.72 Å². The molecule has 5 nitrogen and oxygen atoms in total. The van der Waals surface area contributed by atoms with Gasteiger partial charge in [-0.2, -0.15) is 13.5 Å². The van der Waals surface area contributed by atoms with Gasteiger partial charge in [0.25, 0.3) is 10.0 Å². The molecule has 2 N–H and O–H groups in total. The van der Waals surface area contributed by atoms with Gasteiger partial charge < -0.3 is 0 Å². The van der Waals surface area contributed by atoms with Crippen LogP contribution in [-0.4, -0.2) is 18.6 Å². The van der Waals surface area contributed by atoms with Crippen molar-refractivity contribution in [1.82, 2.24) is 10.2 Å². The van der Waals surface area contributed by atoms with Gasteiger partial charge in [-0.1, -0.05) is 6.07 Å². The van der Waals surface area contributed by atoms with Gasteiger partial charge in [0.2, 0.25) is 0 Å². The van der Waals surface area contributed by atoms with Crippen LogP contribution in [0.1, 0.15) is 0 Å². The number of halogens is 1. The van der Waals surface area contributed by atoms with Crippen LogP contribution in [0, 0.1) is 5.82 Å². The summed E-state index contributed by atoms with van der Waals surface area (Å²) in [6, 6.07) is 6.50. The lowest BCUT2D eigenvalue weighted by Crippen LogP contribution is -2.13. The molecule has 0 aliphatic heterocycles. The van der Waals surface area contributed by atoms with Gasteiger partial charge in [-0.25, -0.2) is 4.39 Å². The Balaban J connectivity index is 2.29. The molecule has 1 aromatic carbocycles. The van der Waals surface area contributed by atoms with E-state index in [-0.39, 0.29) is 10.7 Å². The van der Waals surface area contributed by atoms with E-state index in [1.54, 1.807) is 0 Å². The summed E-state index contributed by atoms with van der Waals surface area (Å²) in [5, 5.41) is 5.78. The van der Waals surface area contributed by atoms with Gasteiger partial charge in [0.1, 0.15) is 5.82 Å². The highest BCUT2D eigenvalue weighted by Gasteiger charge is 2.15. The van der Waals surface area contributed by atoms with Crippen molar-refractivity contribution in [1.29, 1.82) is 0 Å². The SMILES string of the molecule is O=S(=O)(Nc1cccc(F)c1)c1ccn[nH]1. The van der Waals surface area contributed by atoms with Crippen molar-refractivity contribution in [3.63, 3.8) is 0 Å². The molecular formula is C9H8FN3O2S. The zero-order valence-corrected chi connectivity index (χ0v) is 8.83. The minimum absolute atomic E-state index is 0.0724. The average molecular weight is 241 g/mol. The predicted molar refractivity (Wildman–Crippen MR) is 55.8 cm³/mol. The summed E-state index contributed by atoms with van der Waals surface area (Å²) in [7, 11) is -3.72. The number of aromatic amines is 1. The molecule has 0 saturated carbocycles. The molecule has 0 aliphatic rings. The molecule has 1 aromatic heterocycles. The Morgan fingerprint density at radius 3 is 2.75 bits per heavy atom. The Labute approximate surface area is 91.4 Å². The van der Waals surface area contributed by atoms with Gasteiger partial charge >= 0.3 is 0 Å². The Morgan fingerprint density at radius 2 is 2.12 bits per heavy atom. The lowest BCUT2D eigenvalue weighted by molar-refractivity contribution is 0.597. The van der Waals surface area contributed by atoms with Crippen LogP contribution in [0.3, 0.4) is 0 Å². The Kier molecular flexibility index (Phi) is 2.61. The van der Waals surface area contributed by atoms with E-state index in [0.717, 1.165) is 6.07 Å². The van der Waals surface area contributed by atoms with E-state index in [4.69, 9.17) is 0 Å². The molecule has 1 heterocycles. The first-order valence-electron chi connectivity index (χ1n) is 4.36. The van der Waals surface area contributed by atoms with Crippen molar-refractivity contribution in [2.24, 2.45) is 0 Å². The second kappa shape index (κ2) is 3.93. The van der Waals surface area contributed by atoms with Gasteiger partial charge in [0, 0.05) is 0 Å². The van der Waals surface area contributed by atoms with E-state index >= 15 is 0 Å². The van der Waals surface area contributed by atoms with Crippen LogP contribution < -0.4 is 4.72 Å². The topological polar surface area (TPSA) is 74.8 Å². The number of hydrogen-bond acceptors (Lipinski definition) is 3. The molecule has 0 bridgehead atoms. The number of anilines is 1. The fourth-order valence-corrected chi connectivity index (χ4v) is 2.12. The van der Waals surface area contributed by atoms with Crippen LogP contribution in [0.4, 0.5) is 10.1 Å². The van der Waals surface area contributed by atoms with Crippen LogP contribution >= 0.6 is 0 Å². The maximum atomic E-state index is 12.8. The van der Waals surface area contributed by atoms with E-state index in [0.29, 0.717) is 0 Å². The lowest BCUT2D eigenvalue weighted by Gasteiger charge is -2.05. The zero-order chi connectivity index (χ0) is 11.6. The molecule has 0 spiro atoms. The number of hydrogen-bond donors (Lipinski definition) is 2. The van der Waals surface area contributed by atoms with Crippen molar-refractivity contribution >= 4 is 15.7 Å². The van der Waals surface area contributed by atoms with Gasteiger partial charge in [-0.15, -0.1) is 0 Å². The fraction of sp³-hybridized carbons (Fsp3) is 0. The number of benzene rings is 1. The second-order valence-corrected chi connectivity index (χ2v) is 4.69. The third kappa shape index (κ3) is 2.19. The summed E-state index contributed by atoms with van der Waals surface area (Å²) in [4.78, 5) is 0. The van der Waals surface area contributed by atoms with Gasteiger partial charge in [0.15, 0.2) is 5.03 Å². The van der Waals surface area contributed by atoms with E-state index in [1.165, 1.54) is 30.5 Å². The Bertz CT molecular complexity index is 581. The number of nitrogens with zero attached hydrogens (tertiary/aromatic N) is 1. The molecule has 0 amide bonds. The summed E-state index contributed by atoms with van der Waals surface area (Å²) in [6.07, 6.45) is 1.32. The number of rotatable bonds is 3. The highest BCUT2D eigenvalue weighted by molar-refractivity contribution is 7.92. The molecule has 2 rings (SSSR count). The predicted octanol–water partition coefficient (Wildman–Crippen LogP) is 1.35. The largest absolute Gasteiger partial charge is 0.278 e. The van der Waals surface area contributed by atoms with Crippen molar-refractivity contribution in [2.45, 2.75) is 5.03 Å². The third-order valence-electron chi connectivity index (χ3n) is 1.84.